The lowest BCUT2D eigenvalue weighted by Gasteiger charge is -2.18. The summed E-state index contributed by atoms with van der Waals surface area (Å²) >= 11 is 5.22. The highest BCUT2D eigenvalue weighted by Gasteiger charge is 2.25. The van der Waals surface area contributed by atoms with Gasteiger partial charge in [-0.2, -0.15) is 0 Å². The lowest BCUT2D eigenvalue weighted by atomic mass is 10.2. The van der Waals surface area contributed by atoms with Crippen molar-refractivity contribution in [1.29, 1.82) is 0 Å². The van der Waals surface area contributed by atoms with Gasteiger partial charge in [0.2, 0.25) is 10.5 Å². The summed E-state index contributed by atoms with van der Waals surface area (Å²) in [6.45, 7) is 3.88. The van der Waals surface area contributed by atoms with Crippen LogP contribution in [0.25, 0.3) is 16.7 Å². The molecule has 0 amide bonds. The molecule has 0 spiro atoms. The molecule has 0 saturated carbocycles. The summed E-state index contributed by atoms with van der Waals surface area (Å²) in [6.07, 6.45) is -0.0231. The second-order valence-electron chi connectivity index (χ2n) is 5.45. The van der Waals surface area contributed by atoms with E-state index >= 15 is 0 Å². The van der Waals surface area contributed by atoms with Crippen LogP contribution in [0, 0.1) is 10.6 Å². The van der Waals surface area contributed by atoms with Gasteiger partial charge in [-0.25, -0.2) is 9.49 Å². The average Bonchev–Trinajstić information content (AvgIpc) is 2.97. The van der Waals surface area contributed by atoms with Gasteiger partial charge in [0.25, 0.3) is 5.56 Å². The summed E-state index contributed by atoms with van der Waals surface area (Å²) in [4.78, 5) is 12.9. The van der Waals surface area contributed by atoms with E-state index in [1.807, 2.05) is 0 Å². The molecule has 0 fully saturated rings. The Labute approximate surface area is 153 Å². The Morgan fingerprint density at radius 3 is 2.65 bits per heavy atom. The van der Waals surface area contributed by atoms with Crippen LogP contribution in [0.5, 0.6) is 0 Å². The summed E-state index contributed by atoms with van der Waals surface area (Å²) in [7, 11) is -3.35. The molecule has 2 aromatic heterocycles. The summed E-state index contributed by atoms with van der Waals surface area (Å²) in [5.74, 6) is -0.288. The first-order valence-corrected chi connectivity index (χ1v) is 10.2. The molecule has 26 heavy (non-hydrogen) atoms. The maximum absolute atomic E-state index is 13.7. The van der Waals surface area contributed by atoms with Crippen LogP contribution in [0.15, 0.2) is 23.0 Å². The minimum atomic E-state index is -3.35. The quantitative estimate of drug-likeness (QED) is 0.484. The van der Waals surface area contributed by atoms with Crippen molar-refractivity contribution in [3.8, 4) is 0 Å². The highest BCUT2D eigenvalue weighted by molar-refractivity contribution is 7.71. The normalized spacial score (nSPS) is 12.3. The number of halogens is 1. The van der Waals surface area contributed by atoms with E-state index < -0.39 is 19.0 Å². The SMILES string of the molecule is CCOP(=O)(CCn1c(=O)c2cc(F)ccc2n2c(=S)[nH]nc12)OCC. The first kappa shape index (κ1) is 18.9. The number of nitrogens with zero attached hydrogens (tertiary/aromatic N) is 3. The monoisotopic (exact) mass is 400 g/mol. The molecule has 8 nitrogen and oxygen atoms in total. The molecular formula is C15H18FN4O4PS. The smallest absolute Gasteiger partial charge is 0.309 e. The number of aryl methyl sites for hydroxylation is 1. The molecule has 0 atom stereocenters. The number of aromatic amines is 1. The predicted molar refractivity (Wildman–Crippen MR) is 97.8 cm³/mol. The second-order valence-corrected chi connectivity index (χ2v) is 8.02. The van der Waals surface area contributed by atoms with Crippen molar-refractivity contribution in [2.75, 3.05) is 19.4 Å². The summed E-state index contributed by atoms with van der Waals surface area (Å²) < 4.78 is 40.0. The second kappa shape index (κ2) is 7.40. The van der Waals surface area contributed by atoms with Crippen molar-refractivity contribution < 1.29 is 18.0 Å². The van der Waals surface area contributed by atoms with E-state index in [2.05, 4.69) is 10.2 Å². The van der Waals surface area contributed by atoms with E-state index in [-0.39, 0.29) is 41.9 Å². The van der Waals surface area contributed by atoms with Gasteiger partial charge in [0.15, 0.2) is 0 Å². The fourth-order valence-electron chi connectivity index (χ4n) is 2.78. The number of hydrogen-bond donors (Lipinski definition) is 1. The number of H-pyrrole nitrogens is 1. The molecule has 1 aromatic carbocycles. The summed E-state index contributed by atoms with van der Waals surface area (Å²) in [6, 6.07) is 3.87. The minimum absolute atomic E-state index is 0.0195. The number of benzene rings is 1. The molecule has 140 valence electrons. The van der Waals surface area contributed by atoms with E-state index in [1.165, 1.54) is 21.1 Å². The van der Waals surface area contributed by atoms with Gasteiger partial charge in [-0.1, -0.05) is 0 Å². The van der Waals surface area contributed by atoms with Crippen molar-refractivity contribution in [2.24, 2.45) is 0 Å². The maximum atomic E-state index is 13.7. The van der Waals surface area contributed by atoms with Gasteiger partial charge in [0, 0.05) is 6.54 Å². The lowest BCUT2D eigenvalue weighted by molar-refractivity contribution is 0.219. The van der Waals surface area contributed by atoms with E-state index in [4.69, 9.17) is 21.3 Å². The lowest BCUT2D eigenvalue weighted by Crippen LogP contribution is -2.25. The molecule has 0 bridgehead atoms. The standard InChI is InChI=1S/C15H18FN4O4PS/c1-3-23-25(22,24-4-2)8-7-19-13(21)11-9-10(16)5-6-12(11)20-14(19)17-18-15(20)26/h5-6,9H,3-4,7-8H2,1-2H3,(H,18,26). The predicted octanol–water partition coefficient (Wildman–Crippen LogP) is 3.11. The molecular weight excluding hydrogens is 382 g/mol. The average molecular weight is 400 g/mol. The minimum Gasteiger partial charge on any atom is -0.309 e. The molecule has 11 heteroatoms. The third kappa shape index (κ3) is 3.37. The van der Waals surface area contributed by atoms with Crippen molar-refractivity contribution >= 4 is 36.5 Å². The number of hydrogen-bond acceptors (Lipinski definition) is 6. The van der Waals surface area contributed by atoms with Gasteiger partial charge in [0.1, 0.15) is 5.82 Å². The van der Waals surface area contributed by atoms with Crippen molar-refractivity contribution in [3.05, 3.63) is 39.1 Å². The van der Waals surface area contributed by atoms with Crippen LogP contribution in [0.4, 0.5) is 4.39 Å². The van der Waals surface area contributed by atoms with Gasteiger partial charge in [-0.15, -0.1) is 5.10 Å². The zero-order valence-corrected chi connectivity index (χ0v) is 16.0. The molecule has 2 heterocycles. The Balaban J connectivity index is 2.16. The van der Waals surface area contributed by atoms with Crippen LogP contribution >= 0.6 is 19.8 Å². The third-order valence-electron chi connectivity index (χ3n) is 3.82. The van der Waals surface area contributed by atoms with Crippen LogP contribution < -0.4 is 5.56 Å². The molecule has 0 saturated heterocycles. The Bertz CT molecular complexity index is 1110. The first-order valence-electron chi connectivity index (χ1n) is 8.07. The van der Waals surface area contributed by atoms with Crippen molar-refractivity contribution in [1.82, 2.24) is 19.2 Å². The fraction of sp³-hybridized carbons (Fsp3) is 0.400. The molecule has 0 unspecified atom stereocenters. The number of nitrogens with one attached hydrogen (secondary N) is 1. The number of rotatable bonds is 7. The summed E-state index contributed by atoms with van der Waals surface area (Å²) in [5.41, 5.74) is -0.0141. The van der Waals surface area contributed by atoms with Crippen LogP contribution in [0.3, 0.4) is 0 Å². The highest BCUT2D eigenvalue weighted by atomic mass is 32.1. The Morgan fingerprint density at radius 1 is 1.31 bits per heavy atom. The molecule has 3 rings (SSSR count). The largest absolute Gasteiger partial charge is 0.332 e. The van der Waals surface area contributed by atoms with Gasteiger partial charge >= 0.3 is 7.60 Å². The van der Waals surface area contributed by atoms with Crippen LogP contribution in [-0.4, -0.2) is 38.5 Å². The molecule has 0 aliphatic rings. The third-order valence-corrected chi connectivity index (χ3v) is 6.14. The van der Waals surface area contributed by atoms with Crippen LogP contribution in [-0.2, 0) is 20.2 Å². The van der Waals surface area contributed by atoms with Crippen LogP contribution in [0.1, 0.15) is 13.8 Å². The Morgan fingerprint density at radius 2 is 2.00 bits per heavy atom. The molecule has 1 N–H and O–H groups in total. The van der Waals surface area contributed by atoms with E-state index in [0.29, 0.717) is 5.52 Å². The van der Waals surface area contributed by atoms with E-state index in [9.17, 15) is 13.8 Å². The maximum Gasteiger partial charge on any atom is 0.332 e. The van der Waals surface area contributed by atoms with Crippen molar-refractivity contribution in [3.63, 3.8) is 0 Å². The molecule has 0 radical (unpaired) electrons. The zero-order chi connectivity index (χ0) is 18.9. The molecule has 0 aliphatic carbocycles. The van der Waals surface area contributed by atoms with E-state index in [0.717, 1.165) is 6.07 Å². The number of fused-ring (bicyclic) bond motifs is 3. The molecule has 0 aliphatic heterocycles. The van der Waals surface area contributed by atoms with Gasteiger partial charge in [-0.05, 0) is 44.3 Å². The fourth-order valence-corrected chi connectivity index (χ4v) is 4.57. The van der Waals surface area contributed by atoms with Gasteiger partial charge in [0.05, 0.1) is 30.3 Å². The molecule has 3 aromatic rings. The van der Waals surface area contributed by atoms with Crippen molar-refractivity contribution in [2.45, 2.75) is 20.4 Å². The summed E-state index contributed by atoms with van der Waals surface area (Å²) in [5, 5.41) is 6.87. The topological polar surface area (TPSA) is 90.6 Å². The van der Waals surface area contributed by atoms with E-state index in [1.54, 1.807) is 13.8 Å². The highest BCUT2D eigenvalue weighted by Crippen LogP contribution is 2.47. The Kier molecular flexibility index (Phi) is 5.38. The Hall–Kier alpha value is -1.87. The van der Waals surface area contributed by atoms with Gasteiger partial charge in [-0.3, -0.25) is 18.3 Å². The number of aromatic nitrogens is 4. The zero-order valence-electron chi connectivity index (χ0n) is 14.3. The van der Waals surface area contributed by atoms with Crippen LogP contribution in [0.2, 0.25) is 0 Å². The first-order chi connectivity index (χ1) is 12.4. The van der Waals surface area contributed by atoms with Gasteiger partial charge < -0.3 is 9.05 Å².